The number of carbonyl (C=O) groups excluding carboxylic acids is 2. The first-order valence-electron chi connectivity index (χ1n) is 9.01. The Labute approximate surface area is 166 Å². The van der Waals surface area contributed by atoms with Crippen LogP contribution in [0.15, 0.2) is 42.6 Å². The molecule has 28 heavy (non-hydrogen) atoms. The summed E-state index contributed by atoms with van der Waals surface area (Å²) in [6.07, 6.45) is 4.53. The van der Waals surface area contributed by atoms with Crippen LogP contribution < -0.4 is 15.4 Å². The van der Waals surface area contributed by atoms with Crippen LogP contribution in [0.3, 0.4) is 0 Å². The Morgan fingerprint density at radius 1 is 1.14 bits per heavy atom. The van der Waals surface area contributed by atoms with Crippen LogP contribution >= 0.6 is 11.6 Å². The number of rotatable bonds is 6. The molecule has 5 rings (SSSR count). The van der Waals surface area contributed by atoms with Crippen molar-refractivity contribution in [3.8, 4) is 5.75 Å². The predicted octanol–water partition coefficient (Wildman–Crippen LogP) is 2.86. The predicted molar refractivity (Wildman–Crippen MR) is 101 cm³/mol. The molecule has 1 heterocycles. The minimum Gasteiger partial charge on any atom is -0.484 e. The van der Waals surface area contributed by atoms with Crippen LogP contribution in [0.4, 0.5) is 4.39 Å². The van der Waals surface area contributed by atoms with Gasteiger partial charge in [0.05, 0.1) is 5.02 Å². The van der Waals surface area contributed by atoms with Gasteiger partial charge in [-0.05, 0) is 49.9 Å². The highest BCUT2D eigenvalue weighted by molar-refractivity contribution is 6.30. The molecule has 1 aromatic heterocycles. The van der Waals surface area contributed by atoms with E-state index in [-0.39, 0.29) is 40.3 Å². The molecule has 3 aliphatic carbocycles. The Balaban J connectivity index is 1.28. The summed E-state index contributed by atoms with van der Waals surface area (Å²) < 4.78 is 18.8. The molecule has 0 spiro atoms. The van der Waals surface area contributed by atoms with Gasteiger partial charge in [0, 0.05) is 23.3 Å². The van der Waals surface area contributed by atoms with Gasteiger partial charge in [0.2, 0.25) is 0 Å². The molecule has 2 N–H and O–H groups in total. The van der Waals surface area contributed by atoms with Crippen molar-refractivity contribution in [2.24, 2.45) is 0 Å². The Kier molecular flexibility index (Phi) is 4.71. The van der Waals surface area contributed by atoms with Crippen molar-refractivity contribution < 1.29 is 18.7 Å². The summed E-state index contributed by atoms with van der Waals surface area (Å²) in [5.41, 5.74) is -0.223. The van der Waals surface area contributed by atoms with E-state index in [4.69, 9.17) is 16.3 Å². The van der Waals surface area contributed by atoms with Gasteiger partial charge in [-0.2, -0.15) is 0 Å². The van der Waals surface area contributed by atoms with Gasteiger partial charge in [0.25, 0.3) is 11.8 Å². The lowest BCUT2D eigenvalue weighted by molar-refractivity contribution is -0.126. The molecule has 0 radical (unpaired) electrons. The van der Waals surface area contributed by atoms with Gasteiger partial charge >= 0.3 is 0 Å². The fourth-order valence-electron chi connectivity index (χ4n) is 4.23. The van der Waals surface area contributed by atoms with Crippen molar-refractivity contribution in [2.45, 2.75) is 36.8 Å². The number of hydrogen-bond acceptors (Lipinski definition) is 4. The zero-order valence-electron chi connectivity index (χ0n) is 15.0. The second kappa shape index (κ2) is 7.05. The van der Waals surface area contributed by atoms with E-state index in [0.717, 1.165) is 18.9 Å². The van der Waals surface area contributed by atoms with Gasteiger partial charge in [0.15, 0.2) is 6.61 Å². The standard InChI is InChI=1S/C20H19ClFN3O3/c21-14-5-4-13(9-15(14)22)28-10-17(26)24-19-6-7-20(11-19,12-19)25-18(27)16-3-1-2-8-23-16/h1-5,8-9H,6-7,10-12H2,(H,24,26)(H,25,27). The van der Waals surface area contributed by atoms with Gasteiger partial charge in [0.1, 0.15) is 17.3 Å². The Morgan fingerprint density at radius 2 is 1.89 bits per heavy atom. The van der Waals surface area contributed by atoms with Gasteiger partial charge in [-0.3, -0.25) is 14.6 Å². The van der Waals surface area contributed by atoms with Crippen molar-refractivity contribution in [1.82, 2.24) is 15.6 Å². The van der Waals surface area contributed by atoms with Crippen molar-refractivity contribution in [2.75, 3.05) is 6.61 Å². The minimum atomic E-state index is -0.596. The first-order chi connectivity index (χ1) is 13.4. The molecule has 2 bridgehead atoms. The molecule has 146 valence electrons. The smallest absolute Gasteiger partial charge is 0.270 e. The van der Waals surface area contributed by atoms with Crippen LogP contribution in [0.1, 0.15) is 36.2 Å². The number of aromatic nitrogens is 1. The van der Waals surface area contributed by atoms with E-state index in [1.165, 1.54) is 12.1 Å². The number of nitrogens with one attached hydrogen (secondary N) is 2. The number of ether oxygens (including phenoxy) is 1. The van der Waals surface area contributed by atoms with Crippen molar-refractivity contribution in [3.63, 3.8) is 0 Å². The van der Waals surface area contributed by atoms with Gasteiger partial charge in [-0.1, -0.05) is 17.7 Å². The summed E-state index contributed by atoms with van der Waals surface area (Å²) in [6.45, 7) is -0.212. The van der Waals surface area contributed by atoms with E-state index >= 15 is 0 Å². The molecular formula is C20H19ClFN3O3. The quantitative estimate of drug-likeness (QED) is 0.777. The normalized spacial score (nSPS) is 24.9. The molecule has 2 aromatic rings. The summed E-state index contributed by atoms with van der Waals surface area (Å²) in [6, 6.07) is 9.23. The van der Waals surface area contributed by atoms with E-state index in [1.807, 2.05) is 0 Å². The minimum absolute atomic E-state index is 0.000189. The average Bonchev–Trinajstić information content (AvgIpc) is 3.18. The largest absolute Gasteiger partial charge is 0.484 e. The van der Waals surface area contributed by atoms with Crippen LogP contribution in [-0.4, -0.2) is 34.5 Å². The summed E-state index contributed by atoms with van der Waals surface area (Å²) in [5.74, 6) is -0.828. The van der Waals surface area contributed by atoms with Crippen molar-refractivity contribution >= 4 is 23.4 Å². The molecule has 8 heteroatoms. The summed E-state index contributed by atoms with van der Waals surface area (Å²) in [7, 11) is 0. The van der Waals surface area contributed by atoms with Crippen LogP contribution in [0.5, 0.6) is 5.75 Å². The second-order valence-corrected chi connectivity index (χ2v) is 7.90. The number of hydrogen-bond donors (Lipinski definition) is 2. The van der Waals surface area contributed by atoms with E-state index < -0.39 is 5.82 Å². The monoisotopic (exact) mass is 403 g/mol. The SMILES string of the molecule is O=C(COc1ccc(Cl)c(F)c1)NC12CCC(NC(=O)c3ccccn3)(C1)C2. The van der Waals surface area contributed by atoms with Crippen molar-refractivity contribution in [1.29, 1.82) is 0 Å². The highest BCUT2D eigenvalue weighted by Gasteiger charge is 2.62. The Bertz CT molecular complexity index is 916. The fraction of sp³-hybridized carbons (Fsp3) is 0.350. The maximum Gasteiger partial charge on any atom is 0.270 e. The average molecular weight is 404 g/mol. The number of halogens is 2. The first kappa shape index (κ1) is 18.7. The molecule has 1 aromatic carbocycles. The van der Waals surface area contributed by atoms with E-state index in [9.17, 15) is 14.0 Å². The molecule has 0 atom stereocenters. The zero-order valence-corrected chi connectivity index (χ0v) is 15.8. The third kappa shape index (κ3) is 3.67. The number of pyridine rings is 1. The highest BCUT2D eigenvalue weighted by atomic mass is 35.5. The fourth-order valence-corrected chi connectivity index (χ4v) is 4.34. The molecule has 0 saturated heterocycles. The number of carbonyl (C=O) groups is 2. The van der Waals surface area contributed by atoms with Gasteiger partial charge in [-0.25, -0.2) is 4.39 Å². The topological polar surface area (TPSA) is 80.3 Å². The lowest BCUT2D eigenvalue weighted by atomic mass is 9.71. The van der Waals surface area contributed by atoms with E-state index in [0.29, 0.717) is 18.5 Å². The number of nitrogens with zero attached hydrogens (tertiary/aromatic N) is 1. The van der Waals surface area contributed by atoms with Crippen molar-refractivity contribution in [3.05, 3.63) is 59.1 Å². The zero-order chi connectivity index (χ0) is 19.8. The molecule has 6 nitrogen and oxygen atoms in total. The van der Waals surface area contributed by atoms with Crippen LogP contribution in [0, 0.1) is 5.82 Å². The molecule has 3 saturated carbocycles. The van der Waals surface area contributed by atoms with E-state index in [2.05, 4.69) is 15.6 Å². The maximum absolute atomic E-state index is 13.4. The maximum atomic E-state index is 13.4. The lowest BCUT2D eigenvalue weighted by Gasteiger charge is -2.48. The number of amides is 2. The number of fused-ring (bicyclic) bond motifs is 1. The Morgan fingerprint density at radius 3 is 2.57 bits per heavy atom. The third-order valence-electron chi connectivity index (χ3n) is 5.38. The summed E-state index contributed by atoms with van der Waals surface area (Å²) in [5, 5.41) is 6.07. The molecule has 3 aliphatic rings. The molecule has 0 aliphatic heterocycles. The molecular weight excluding hydrogens is 385 g/mol. The molecule has 3 fully saturated rings. The van der Waals surface area contributed by atoms with E-state index in [1.54, 1.807) is 24.4 Å². The Hall–Kier alpha value is -2.67. The first-order valence-corrected chi connectivity index (χ1v) is 9.39. The second-order valence-electron chi connectivity index (χ2n) is 7.50. The summed E-state index contributed by atoms with van der Waals surface area (Å²) in [4.78, 5) is 28.7. The highest BCUT2D eigenvalue weighted by Crippen LogP contribution is 2.55. The third-order valence-corrected chi connectivity index (χ3v) is 5.68. The van der Waals surface area contributed by atoms with Crippen LogP contribution in [0.25, 0.3) is 0 Å². The van der Waals surface area contributed by atoms with Gasteiger partial charge < -0.3 is 15.4 Å². The molecule has 0 unspecified atom stereocenters. The van der Waals surface area contributed by atoms with Crippen LogP contribution in [0.2, 0.25) is 5.02 Å². The lowest BCUT2D eigenvalue weighted by Crippen LogP contribution is -2.64. The summed E-state index contributed by atoms with van der Waals surface area (Å²) >= 11 is 5.62. The van der Waals surface area contributed by atoms with Crippen LogP contribution in [-0.2, 0) is 4.79 Å². The van der Waals surface area contributed by atoms with Gasteiger partial charge in [-0.15, -0.1) is 0 Å². The number of benzene rings is 1. The molecule has 2 amide bonds.